The molecule has 104 valence electrons. The quantitative estimate of drug-likeness (QED) is 0.926. The van der Waals surface area contributed by atoms with Crippen LogP contribution in [0.1, 0.15) is 24.5 Å². The van der Waals surface area contributed by atoms with E-state index in [1.807, 2.05) is 11.0 Å². The molecular weight excluding hydrogens is 304 g/mol. The third-order valence-electron chi connectivity index (χ3n) is 3.74. The highest BCUT2D eigenvalue weighted by atomic mass is 79.9. The Bertz CT molecular complexity index is 461. The van der Waals surface area contributed by atoms with Crippen LogP contribution in [-0.2, 0) is 11.2 Å². The third-order valence-corrected chi connectivity index (χ3v) is 4.23. The van der Waals surface area contributed by atoms with Crippen LogP contribution >= 0.6 is 15.9 Å². The maximum Gasteiger partial charge on any atom is 0.223 e. The topological polar surface area (TPSA) is 32.3 Å². The Morgan fingerprint density at radius 1 is 1.53 bits per heavy atom. The number of piperazine rings is 1. The van der Waals surface area contributed by atoms with Crippen molar-refractivity contribution < 1.29 is 4.79 Å². The molecule has 1 aromatic carbocycles. The van der Waals surface area contributed by atoms with Gasteiger partial charge in [-0.1, -0.05) is 22.0 Å². The van der Waals surface area contributed by atoms with Gasteiger partial charge < -0.3 is 10.2 Å². The van der Waals surface area contributed by atoms with Crippen molar-refractivity contribution in [1.82, 2.24) is 10.2 Å². The van der Waals surface area contributed by atoms with Crippen molar-refractivity contribution in [3.05, 3.63) is 33.8 Å². The van der Waals surface area contributed by atoms with E-state index in [0.29, 0.717) is 12.5 Å². The van der Waals surface area contributed by atoms with Gasteiger partial charge in [0, 0.05) is 36.6 Å². The van der Waals surface area contributed by atoms with Crippen molar-refractivity contribution in [2.24, 2.45) is 0 Å². The number of carbonyl (C=O) groups is 1. The predicted octanol–water partition coefficient (Wildman–Crippen LogP) is 2.51. The van der Waals surface area contributed by atoms with E-state index in [0.717, 1.165) is 30.5 Å². The Labute approximate surface area is 123 Å². The summed E-state index contributed by atoms with van der Waals surface area (Å²) in [7, 11) is 0. The SMILES string of the molecule is Cc1ccc(Br)cc1CCC(=O)N1CCNCC1C. The van der Waals surface area contributed by atoms with Crippen molar-refractivity contribution in [3.63, 3.8) is 0 Å². The lowest BCUT2D eigenvalue weighted by Gasteiger charge is -2.34. The zero-order chi connectivity index (χ0) is 13.8. The fourth-order valence-electron chi connectivity index (χ4n) is 2.51. The molecule has 1 aliphatic heterocycles. The molecule has 1 amide bonds. The second-order valence-electron chi connectivity index (χ2n) is 5.21. The molecule has 1 unspecified atom stereocenters. The number of aryl methyl sites for hydroxylation is 2. The number of amides is 1. The summed E-state index contributed by atoms with van der Waals surface area (Å²) in [5.74, 6) is 0.272. The number of benzene rings is 1. The zero-order valence-corrected chi connectivity index (χ0v) is 13.2. The summed E-state index contributed by atoms with van der Waals surface area (Å²) in [6.07, 6.45) is 1.42. The molecule has 1 aliphatic rings. The molecule has 1 heterocycles. The lowest BCUT2D eigenvalue weighted by atomic mass is 10.0. The molecule has 4 heteroatoms. The van der Waals surface area contributed by atoms with Crippen LogP contribution in [-0.4, -0.2) is 36.5 Å². The first-order valence-corrected chi connectivity index (χ1v) is 7.62. The van der Waals surface area contributed by atoms with Crippen LogP contribution in [0.25, 0.3) is 0 Å². The monoisotopic (exact) mass is 324 g/mol. The molecule has 19 heavy (non-hydrogen) atoms. The minimum Gasteiger partial charge on any atom is -0.337 e. The van der Waals surface area contributed by atoms with Crippen molar-refractivity contribution in [2.75, 3.05) is 19.6 Å². The maximum absolute atomic E-state index is 12.3. The number of hydrogen-bond donors (Lipinski definition) is 1. The average molecular weight is 325 g/mol. The first-order chi connectivity index (χ1) is 9.08. The minimum atomic E-state index is 0.272. The molecule has 0 bridgehead atoms. The summed E-state index contributed by atoms with van der Waals surface area (Å²) in [5, 5.41) is 3.31. The molecule has 1 N–H and O–H groups in total. The normalized spacial score (nSPS) is 19.5. The van der Waals surface area contributed by atoms with Gasteiger partial charge in [0.25, 0.3) is 0 Å². The molecule has 0 spiro atoms. The summed E-state index contributed by atoms with van der Waals surface area (Å²) >= 11 is 3.49. The number of nitrogens with one attached hydrogen (secondary N) is 1. The number of carbonyl (C=O) groups excluding carboxylic acids is 1. The van der Waals surface area contributed by atoms with Crippen LogP contribution in [0.15, 0.2) is 22.7 Å². The molecule has 1 fully saturated rings. The van der Waals surface area contributed by atoms with Gasteiger partial charge in [-0.25, -0.2) is 0 Å². The standard InChI is InChI=1S/C15H21BrN2O/c1-11-3-5-14(16)9-13(11)4-6-15(19)18-8-7-17-10-12(18)2/h3,5,9,12,17H,4,6-8,10H2,1-2H3. The first kappa shape index (κ1) is 14.5. The van der Waals surface area contributed by atoms with Gasteiger partial charge in [0.05, 0.1) is 0 Å². The molecule has 1 aromatic rings. The molecular formula is C15H21BrN2O. The molecule has 0 radical (unpaired) electrons. The lowest BCUT2D eigenvalue weighted by molar-refractivity contribution is -0.133. The van der Waals surface area contributed by atoms with E-state index in [-0.39, 0.29) is 5.91 Å². The Morgan fingerprint density at radius 2 is 2.32 bits per heavy atom. The van der Waals surface area contributed by atoms with Crippen molar-refractivity contribution in [1.29, 1.82) is 0 Å². The van der Waals surface area contributed by atoms with Gasteiger partial charge in [0.2, 0.25) is 5.91 Å². The van der Waals surface area contributed by atoms with Crippen LogP contribution in [0.2, 0.25) is 0 Å². The van der Waals surface area contributed by atoms with Gasteiger partial charge in [-0.3, -0.25) is 4.79 Å². The number of hydrogen-bond acceptors (Lipinski definition) is 2. The summed E-state index contributed by atoms with van der Waals surface area (Å²) in [5.41, 5.74) is 2.51. The molecule has 0 saturated carbocycles. The van der Waals surface area contributed by atoms with E-state index in [4.69, 9.17) is 0 Å². The summed E-state index contributed by atoms with van der Waals surface area (Å²) in [6.45, 7) is 6.85. The van der Waals surface area contributed by atoms with Crippen LogP contribution in [0.3, 0.4) is 0 Å². The average Bonchev–Trinajstić information content (AvgIpc) is 2.40. The second-order valence-corrected chi connectivity index (χ2v) is 6.13. The highest BCUT2D eigenvalue weighted by Crippen LogP contribution is 2.18. The fourth-order valence-corrected chi connectivity index (χ4v) is 2.91. The van der Waals surface area contributed by atoms with Gasteiger partial charge in [-0.15, -0.1) is 0 Å². The highest BCUT2D eigenvalue weighted by molar-refractivity contribution is 9.10. The van der Waals surface area contributed by atoms with E-state index in [9.17, 15) is 4.79 Å². The molecule has 0 aromatic heterocycles. The molecule has 2 rings (SSSR count). The van der Waals surface area contributed by atoms with Crippen LogP contribution in [0.5, 0.6) is 0 Å². The predicted molar refractivity (Wildman–Crippen MR) is 81.2 cm³/mol. The van der Waals surface area contributed by atoms with E-state index >= 15 is 0 Å². The first-order valence-electron chi connectivity index (χ1n) is 6.83. The second kappa shape index (κ2) is 6.53. The van der Waals surface area contributed by atoms with Gasteiger partial charge in [0.15, 0.2) is 0 Å². The lowest BCUT2D eigenvalue weighted by Crippen LogP contribution is -2.52. The summed E-state index contributed by atoms with van der Waals surface area (Å²) in [6, 6.07) is 6.56. The highest BCUT2D eigenvalue weighted by Gasteiger charge is 2.22. The smallest absolute Gasteiger partial charge is 0.223 e. The molecule has 1 atom stereocenters. The summed E-state index contributed by atoms with van der Waals surface area (Å²) in [4.78, 5) is 14.3. The zero-order valence-electron chi connectivity index (χ0n) is 11.6. The molecule has 3 nitrogen and oxygen atoms in total. The minimum absolute atomic E-state index is 0.272. The van der Waals surface area contributed by atoms with Gasteiger partial charge >= 0.3 is 0 Å². The summed E-state index contributed by atoms with van der Waals surface area (Å²) < 4.78 is 1.08. The third kappa shape index (κ3) is 3.80. The van der Waals surface area contributed by atoms with Crippen LogP contribution in [0, 0.1) is 6.92 Å². The van der Waals surface area contributed by atoms with Crippen LogP contribution < -0.4 is 5.32 Å². The largest absolute Gasteiger partial charge is 0.337 e. The Balaban J connectivity index is 1.94. The molecule has 1 saturated heterocycles. The van der Waals surface area contributed by atoms with Crippen molar-refractivity contribution in [3.8, 4) is 0 Å². The van der Waals surface area contributed by atoms with Crippen LogP contribution in [0.4, 0.5) is 0 Å². The van der Waals surface area contributed by atoms with E-state index in [1.54, 1.807) is 0 Å². The van der Waals surface area contributed by atoms with Crippen molar-refractivity contribution >= 4 is 21.8 Å². The number of nitrogens with zero attached hydrogens (tertiary/aromatic N) is 1. The van der Waals surface area contributed by atoms with E-state index in [2.05, 4.69) is 47.2 Å². The Kier molecular flexibility index (Phi) is 4.99. The van der Waals surface area contributed by atoms with Crippen molar-refractivity contribution in [2.45, 2.75) is 32.7 Å². The Hall–Kier alpha value is -0.870. The van der Waals surface area contributed by atoms with Gasteiger partial charge in [-0.05, 0) is 43.5 Å². The van der Waals surface area contributed by atoms with Gasteiger partial charge in [-0.2, -0.15) is 0 Å². The van der Waals surface area contributed by atoms with E-state index < -0.39 is 0 Å². The van der Waals surface area contributed by atoms with E-state index in [1.165, 1.54) is 11.1 Å². The molecule has 0 aliphatic carbocycles. The maximum atomic E-state index is 12.3. The number of rotatable bonds is 3. The Morgan fingerprint density at radius 3 is 3.05 bits per heavy atom. The number of halogens is 1. The van der Waals surface area contributed by atoms with Gasteiger partial charge in [0.1, 0.15) is 0 Å². The fraction of sp³-hybridized carbons (Fsp3) is 0.533.